The Kier molecular flexibility index (Phi) is 6.59. The number of carbonyl (C=O) groups is 1. The number of likely N-dealkylation sites (tertiary alicyclic amines) is 1. The number of nitrogens with zero attached hydrogens (tertiary/aromatic N) is 4. The Morgan fingerprint density at radius 1 is 1.43 bits per heavy atom. The van der Waals surface area contributed by atoms with Crippen molar-refractivity contribution in [3.63, 3.8) is 0 Å². The molecule has 2 rings (SSSR count). The highest BCUT2D eigenvalue weighted by molar-refractivity contribution is 5.92. The van der Waals surface area contributed by atoms with E-state index in [2.05, 4.69) is 30.9 Å². The van der Waals surface area contributed by atoms with E-state index in [1.54, 1.807) is 7.11 Å². The number of carbonyl (C=O) groups excluding carboxylic acids is 1. The van der Waals surface area contributed by atoms with Gasteiger partial charge < -0.3 is 14.5 Å². The van der Waals surface area contributed by atoms with Gasteiger partial charge in [-0.2, -0.15) is 5.10 Å². The molecule has 0 spiro atoms. The van der Waals surface area contributed by atoms with Crippen molar-refractivity contribution in [3.8, 4) is 0 Å². The fourth-order valence-electron chi connectivity index (χ4n) is 3.02. The van der Waals surface area contributed by atoms with Crippen LogP contribution in [0.25, 0.3) is 0 Å². The summed E-state index contributed by atoms with van der Waals surface area (Å²) in [6.45, 7) is 7.62. The minimum atomic E-state index is 0.0510. The topological polar surface area (TPSA) is 50.6 Å². The summed E-state index contributed by atoms with van der Waals surface area (Å²) in [6.07, 6.45) is 4.81. The van der Waals surface area contributed by atoms with E-state index >= 15 is 0 Å². The molecule has 1 aliphatic rings. The number of aromatic nitrogens is 2. The Labute approximate surface area is 139 Å². The third-order valence-electron chi connectivity index (χ3n) is 4.49. The fraction of sp³-hybridized carbons (Fsp3) is 0.765. The normalized spacial score (nSPS) is 16.9. The van der Waals surface area contributed by atoms with Crippen LogP contribution in [0.5, 0.6) is 0 Å². The van der Waals surface area contributed by atoms with Crippen LogP contribution in [0.15, 0.2) is 12.3 Å². The molecule has 2 heterocycles. The summed E-state index contributed by atoms with van der Waals surface area (Å²) >= 11 is 0. The van der Waals surface area contributed by atoms with Crippen molar-refractivity contribution in [2.24, 2.45) is 0 Å². The maximum Gasteiger partial charge on any atom is 0.274 e. The van der Waals surface area contributed by atoms with Crippen molar-refractivity contribution in [2.75, 3.05) is 40.4 Å². The van der Waals surface area contributed by atoms with Crippen molar-refractivity contribution in [1.29, 1.82) is 0 Å². The fourth-order valence-corrected chi connectivity index (χ4v) is 3.02. The number of methoxy groups -OCH3 is 1. The van der Waals surface area contributed by atoms with Gasteiger partial charge in [-0.25, -0.2) is 0 Å². The van der Waals surface area contributed by atoms with Gasteiger partial charge in [0.1, 0.15) is 5.69 Å². The SMILES string of the molecule is COCCCN(C(=O)c1ccn(C(C)C)n1)C1CCN(C)CC1. The Bertz CT molecular complexity index is 493. The Morgan fingerprint density at radius 3 is 2.70 bits per heavy atom. The summed E-state index contributed by atoms with van der Waals surface area (Å²) in [5.41, 5.74) is 0.551. The largest absolute Gasteiger partial charge is 0.385 e. The summed E-state index contributed by atoms with van der Waals surface area (Å²) < 4.78 is 6.99. The first kappa shape index (κ1) is 17.9. The van der Waals surface area contributed by atoms with Crippen LogP contribution in [0, 0.1) is 0 Å². The summed E-state index contributed by atoms with van der Waals surface area (Å²) in [5, 5.41) is 4.45. The third-order valence-corrected chi connectivity index (χ3v) is 4.49. The lowest BCUT2D eigenvalue weighted by molar-refractivity contribution is 0.0557. The standard InChI is InChI=1S/C17H30N4O2/c1-14(2)21-12-8-16(18-21)17(22)20(9-5-13-23-4)15-6-10-19(3)11-7-15/h8,12,14-15H,5-7,9-11,13H2,1-4H3. The zero-order valence-electron chi connectivity index (χ0n) is 14.9. The van der Waals surface area contributed by atoms with E-state index in [4.69, 9.17) is 4.74 Å². The lowest BCUT2D eigenvalue weighted by atomic mass is 10.0. The summed E-state index contributed by atoms with van der Waals surface area (Å²) in [7, 11) is 3.84. The van der Waals surface area contributed by atoms with Crippen molar-refractivity contribution in [2.45, 2.75) is 45.2 Å². The minimum Gasteiger partial charge on any atom is -0.385 e. The van der Waals surface area contributed by atoms with Crippen LogP contribution in [0.4, 0.5) is 0 Å². The highest BCUT2D eigenvalue weighted by atomic mass is 16.5. The molecule has 0 saturated carbocycles. The highest BCUT2D eigenvalue weighted by Gasteiger charge is 2.28. The Hall–Kier alpha value is -1.40. The summed E-state index contributed by atoms with van der Waals surface area (Å²) in [6, 6.07) is 2.40. The molecule has 1 aromatic heterocycles. The maximum absolute atomic E-state index is 13.0. The number of rotatable bonds is 7. The van der Waals surface area contributed by atoms with E-state index in [1.807, 2.05) is 21.8 Å². The average molecular weight is 322 g/mol. The molecular formula is C17H30N4O2. The number of piperidine rings is 1. The van der Waals surface area contributed by atoms with Gasteiger partial charge in [-0.3, -0.25) is 9.48 Å². The zero-order valence-corrected chi connectivity index (χ0v) is 14.9. The zero-order chi connectivity index (χ0) is 16.8. The van der Waals surface area contributed by atoms with Gasteiger partial charge in [0.25, 0.3) is 5.91 Å². The third kappa shape index (κ3) is 4.78. The molecule has 1 fully saturated rings. The molecular weight excluding hydrogens is 292 g/mol. The Morgan fingerprint density at radius 2 is 2.13 bits per heavy atom. The summed E-state index contributed by atoms with van der Waals surface area (Å²) in [4.78, 5) is 17.3. The lowest BCUT2D eigenvalue weighted by Crippen LogP contribution is -2.47. The molecule has 1 amide bonds. The molecule has 23 heavy (non-hydrogen) atoms. The number of ether oxygens (including phenoxy) is 1. The highest BCUT2D eigenvalue weighted by Crippen LogP contribution is 2.19. The predicted molar refractivity (Wildman–Crippen MR) is 90.7 cm³/mol. The molecule has 0 aliphatic carbocycles. The molecule has 130 valence electrons. The second kappa shape index (κ2) is 8.45. The molecule has 0 bridgehead atoms. The monoisotopic (exact) mass is 322 g/mol. The number of amides is 1. The van der Waals surface area contributed by atoms with Gasteiger partial charge in [0.05, 0.1) is 0 Å². The van der Waals surface area contributed by atoms with Gasteiger partial charge >= 0.3 is 0 Å². The average Bonchev–Trinajstić information content (AvgIpc) is 3.02. The molecule has 0 unspecified atom stereocenters. The minimum absolute atomic E-state index is 0.0510. The van der Waals surface area contributed by atoms with Crippen LogP contribution in [-0.2, 0) is 4.74 Å². The molecule has 6 heteroatoms. The van der Waals surface area contributed by atoms with E-state index in [1.165, 1.54) is 0 Å². The second-order valence-electron chi connectivity index (χ2n) is 6.65. The van der Waals surface area contributed by atoms with Crippen molar-refractivity contribution in [1.82, 2.24) is 19.6 Å². The number of hydrogen-bond donors (Lipinski definition) is 0. The van der Waals surface area contributed by atoms with Gasteiger partial charge in [0.2, 0.25) is 0 Å². The first-order chi connectivity index (χ1) is 11.0. The molecule has 6 nitrogen and oxygen atoms in total. The summed E-state index contributed by atoms with van der Waals surface area (Å²) in [5.74, 6) is 0.0510. The molecule has 0 atom stereocenters. The van der Waals surface area contributed by atoms with Crippen molar-refractivity contribution >= 4 is 5.91 Å². The van der Waals surface area contributed by atoms with Crippen molar-refractivity contribution < 1.29 is 9.53 Å². The van der Waals surface area contributed by atoms with E-state index in [0.29, 0.717) is 18.3 Å². The van der Waals surface area contributed by atoms with Crippen LogP contribution in [0.3, 0.4) is 0 Å². The maximum atomic E-state index is 13.0. The van der Waals surface area contributed by atoms with E-state index in [0.717, 1.165) is 38.9 Å². The van der Waals surface area contributed by atoms with Crippen LogP contribution < -0.4 is 0 Å². The molecule has 0 radical (unpaired) electrons. The van der Waals surface area contributed by atoms with Gasteiger partial charge in [-0.15, -0.1) is 0 Å². The second-order valence-corrected chi connectivity index (χ2v) is 6.65. The van der Waals surface area contributed by atoms with Crippen LogP contribution in [0.1, 0.15) is 49.6 Å². The Balaban J connectivity index is 2.09. The molecule has 0 aromatic carbocycles. The number of hydrogen-bond acceptors (Lipinski definition) is 4. The van der Waals surface area contributed by atoms with E-state index in [9.17, 15) is 4.79 Å². The van der Waals surface area contributed by atoms with Crippen LogP contribution in [0.2, 0.25) is 0 Å². The smallest absolute Gasteiger partial charge is 0.274 e. The van der Waals surface area contributed by atoms with Gasteiger partial charge in [0, 0.05) is 38.5 Å². The first-order valence-electron chi connectivity index (χ1n) is 8.56. The van der Waals surface area contributed by atoms with Gasteiger partial charge in [-0.05, 0) is 59.3 Å². The molecule has 0 N–H and O–H groups in total. The quantitative estimate of drug-likeness (QED) is 0.721. The van der Waals surface area contributed by atoms with Crippen LogP contribution >= 0.6 is 0 Å². The molecule has 1 saturated heterocycles. The van der Waals surface area contributed by atoms with Gasteiger partial charge in [0.15, 0.2) is 0 Å². The van der Waals surface area contributed by atoms with E-state index < -0.39 is 0 Å². The van der Waals surface area contributed by atoms with Crippen molar-refractivity contribution in [3.05, 3.63) is 18.0 Å². The van der Waals surface area contributed by atoms with Crippen LogP contribution in [-0.4, -0.2) is 71.9 Å². The van der Waals surface area contributed by atoms with E-state index in [-0.39, 0.29) is 11.9 Å². The lowest BCUT2D eigenvalue weighted by Gasteiger charge is -2.37. The van der Waals surface area contributed by atoms with Gasteiger partial charge in [-0.1, -0.05) is 0 Å². The first-order valence-corrected chi connectivity index (χ1v) is 8.56. The predicted octanol–water partition coefficient (Wildman–Crippen LogP) is 2.04. The molecule has 1 aliphatic heterocycles. The molecule has 1 aromatic rings.